The lowest BCUT2D eigenvalue weighted by atomic mass is 10.2. The molecule has 0 bridgehead atoms. The van der Waals surface area contributed by atoms with E-state index in [-0.39, 0.29) is 41.6 Å². The molecule has 0 atom stereocenters. The Morgan fingerprint density at radius 2 is 1.97 bits per heavy atom. The van der Waals surface area contributed by atoms with Gasteiger partial charge in [0.15, 0.2) is 5.96 Å². The van der Waals surface area contributed by atoms with Crippen LogP contribution in [0.1, 0.15) is 26.5 Å². The first-order chi connectivity index (χ1) is 13.3. The lowest BCUT2D eigenvalue weighted by Crippen LogP contribution is -2.54. The van der Waals surface area contributed by atoms with Gasteiger partial charge in [0.2, 0.25) is 15.9 Å². The number of guanidine groups is 1. The summed E-state index contributed by atoms with van der Waals surface area (Å²) in [6.45, 7) is 9.17. The van der Waals surface area contributed by atoms with Crippen LogP contribution in [0.2, 0.25) is 0 Å². The van der Waals surface area contributed by atoms with E-state index in [0.717, 1.165) is 5.96 Å². The normalized spacial score (nSPS) is 15.9. The van der Waals surface area contributed by atoms with E-state index >= 15 is 0 Å². The summed E-state index contributed by atoms with van der Waals surface area (Å²) in [7, 11) is -3.43. The van der Waals surface area contributed by atoms with Crippen molar-refractivity contribution in [3.8, 4) is 0 Å². The molecule has 1 saturated heterocycles. The van der Waals surface area contributed by atoms with Gasteiger partial charge in [-0.3, -0.25) is 9.79 Å². The Morgan fingerprint density at radius 1 is 1.28 bits per heavy atom. The van der Waals surface area contributed by atoms with E-state index in [2.05, 4.69) is 20.8 Å². The lowest BCUT2D eigenvalue weighted by molar-refractivity contribution is -0.123. The zero-order chi connectivity index (χ0) is 20.6. The van der Waals surface area contributed by atoms with Gasteiger partial charge >= 0.3 is 0 Å². The molecule has 12 heteroatoms. The Balaban J connectivity index is 0.00000420. The topological polar surface area (TPSA) is 120 Å². The van der Waals surface area contributed by atoms with E-state index in [1.807, 2.05) is 25.7 Å². The molecule has 29 heavy (non-hydrogen) atoms. The van der Waals surface area contributed by atoms with Crippen LogP contribution in [0, 0.1) is 5.92 Å². The summed E-state index contributed by atoms with van der Waals surface area (Å²) < 4.78 is 31.2. The minimum atomic E-state index is -3.43. The Hall–Kier alpha value is -1.41. The summed E-state index contributed by atoms with van der Waals surface area (Å²) in [5.74, 6) is 0.526. The third kappa shape index (κ3) is 8.09. The number of carbonyl (C=O) groups is 1. The van der Waals surface area contributed by atoms with Crippen LogP contribution >= 0.6 is 24.0 Å². The van der Waals surface area contributed by atoms with E-state index in [1.165, 1.54) is 10.6 Å². The van der Waals surface area contributed by atoms with Crippen LogP contribution in [-0.2, 0) is 20.6 Å². The predicted molar refractivity (Wildman–Crippen MR) is 122 cm³/mol. The van der Waals surface area contributed by atoms with Gasteiger partial charge in [0, 0.05) is 51.3 Å². The molecule has 166 valence electrons. The molecule has 1 fully saturated rings. The SMILES string of the molecule is CCNC(=NCCNC(=O)C(C)C)N1CCN(S(=O)(=O)Cc2ccon2)CC1.I. The van der Waals surface area contributed by atoms with Gasteiger partial charge in [0.05, 0.1) is 12.2 Å². The molecule has 1 aromatic heterocycles. The molecule has 2 N–H and O–H groups in total. The Labute approximate surface area is 189 Å². The second-order valence-corrected chi connectivity index (χ2v) is 8.78. The second-order valence-electron chi connectivity index (χ2n) is 6.81. The monoisotopic (exact) mass is 542 g/mol. The summed E-state index contributed by atoms with van der Waals surface area (Å²) >= 11 is 0. The summed E-state index contributed by atoms with van der Waals surface area (Å²) in [4.78, 5) is 18.2. The number of hydrogen-bond donors (Lipinski definition) is 2. The number of rotatable bonds is 8. The Morgan fingerprint density at radius 3 is 2.52 bits per heavy atom. The van der Waals surface area contributed by atoms with Crippen molar-refractivity contribution >= 4 is 45.9 Å². The molecule has 1 amide bonds. The number of aromatic nitrogens is 1. The molecule has 0 unspecified atom stereocenters. The van der Waals surface area contributed by atoms with Gasteiger partial charge in [-0.1, -0.05) is 19.0 Å². The predicted octanol–water partition coefficient (Wildman–Crippen LogP) is 0.478. The van der Waals surface area contributed by atoms with Gasteiger partial charge in [-0.15, -0.1) is 24.0 Å². The number of halogens is 1. The number of amides is 1. The zero-order valence-electron chi connectivity index (χ0n) is 17.1. The maximum atomic E-state index is 12.5. The molecular formula is C17H31IN6O4S. The van der Waals surface area contributed by atoms with Crippen molar-refractivity contribution < 1.29 is 17.7 Å². The lowest BCUT2D eigenvalue weighted by Gasteiger charge is -2.35. The van der Waals surface area contributed by atoms with Crippen LogP contribution in [0.4, 0.5) is 0 Å². The van der Waals surface area contributed by atoms with Crippen LogP contribution in [0.3, 0.4) is 0 Å². The summed E-state index contributed by atoms with van der Waals surface area (Å²) in [5, 5.41) is 9.74. The van der Waals surface area contributed by atoms with Crippen molar-refractivity contribution in [3.05, 3.63) is 18.0 Å². The first-order valence-electron chi connectivity index (χ1n) is 9.51. The molecule has 0 saturated carbocycles. The number of carbonyl (C=O) groups excluding carboxylic acids is 1. The molecule has 0 radical (unpaired) electrons. The number of nitrogens with one attached hydrogen (secondary N) is 2. The molecule has 2 rings (SSSR count). The molecule has 0 aliphatic carbocycles. The van der Waals surface area contributed by atoms with Gasteiger partial charge in [-0.25, -0.2) is 8.42 Å². The van der Waals surface area contributed by atoms with Crippen LogP contribution in [-0.4, -0.2) is 80.5 Å². The van der Waals surface area contributed by atoms with E-state index in [1.54, 1.807) is 6.07 Å². The maximum absolute atomic E-state index is 12.5. The summed E-state index contributed by atoms with van der Waals surface area (Å²) in [6, 6.07) is 1.56. The summed E-state index contributed by atoms with van der Waals surface area (Å²) in [6.07, 6.45) is 1.37. The fraction of sp³-hybridized carbons (Fsp3) is 0.706. The highest BCUT2D eigenvalue weighted by Gasteiger charge is 2.28. The van der Waals surface area contributed by atoms with Gasteiger partial charge in [0.25, 0.3) is 0 Å². The van der Waals surface area contributed by atoms with E-state index in [9.17, 15) is 13.2 Å². The van der Waals surface area contributed by atoms with Crippen LogP contribution in [0.15, 0.2) is 21.8 Å². The molecule has 0 aromatic carbocycles. The standard InChI is InChI=1S/C17H30N6O4S.HI/c1-4-18-17(20-7-6-19-16(24)14(2)3)22-8-10-23(11-9-22)28(25,26)13-15-5-12-27-21-15;/h5,12,14H,4,6-11,13H2,1-3H3,(H,18,20)(H,19,24);1H. The molecular weight excluding hydrogens is 511 g/mol. The number of nitrogens with zero attached hydrogens (tertiary/aromatic N) is 4. The maximum Gasteiger partial charge on any atom is 0.222 e. The number of sulfonamides is 1. The first kappa shape index (κ1) is 25.6. The van der Waals surface area contributed by atoms with E-state index < -0.39 is 10.0 Å². The molecule has 10 nitrogen and oxygen atoms in total. The van der Waals surface area contributed by atoms with Gasteiger partial charge < -0.3 is 20.1 Å². The van der Waals surface area contributed by atoms with Crippen LogP contribution in [0.5, 0.6) is 0 Å². The Kier molecular flexibility index (Phi) is 10.9. The van der Waals surface area contributed by atoms with Gasteiger partial charge in [0.1, 0.15) is 12.0 Å². The average Bonchev–Trinajstić information content (AvgIpc) is 3.16. The third-order valence-corrected chi connectivity index (χ3v) is 6.10. The molecule has 1 aromatic rings. The molecule has 2 heterocycles. The zero-order valence-corrected chi connectivity index (χ0v) is 20.3. The van der Waals surface area contributed by atoms with Gasteiger partial charge in [-0.2, -0.15) is 4.31 Å². The average molecular weight is 542 g/mol. The van der Waals surface area contributed by atoms with Crippen molar-refractivity contribution in [2.45, 2.75) is 26.5 Å². The minimum absolute atomic E-state index is 0. The minimum Gasteiger partial charge on any atom is -0.364 e. The highest BCUT2D eigenvalue weighted by atomic mass is 127. The first-order valence-corrected chi connectivity index (χ1v) is 11.1. The van der Waals surface area contributed by atoms with E-state index in [0.29, 0.717) is 51.5 Å². The van der Waals surface area contributed by atoms with Crippen molar-refractivity contribution in [2.24, 2.45) is 10.9 Å². The van der Waals surface area contributed by atoms with Crippen molar-refractivity contribution in [3.63, 3.8) is 0 Å². The third-order valence-electron chi connectivity index (χ3n) is 4.28. The van der Waals surface area contributed by atoms with Gasteiger partial charge in [-0.05, 0) is 6.92 Å². The van der Waals surface area contributed by atoms with Crippen molar-refractivity contribution in [2.75, 3.05) is 45.8 Å². The number of aliphatic imine (C=N–C) groups is 1. The molecule has 1 aliphatic rings. The van der Waals surface area contributed by atoms with Crippen molar-refractivity contribution in [1.29, 1.82) is 0 Å². The largest absolute Gasteiger partial charge is 0.364 e. The van der Waals surface area contributed by atoms with Crippen LogP contribution in [0.25, 0.3) is 0 Å². The highest BCUT2D eigenvalue weighted by molar-refractivity contribution is 14.0. The number of hydrogen-bond acceptors (Lipinski definition) is 6. The number of piperazine rings is 1. The fourth-order valence-electron chi connectivity index (χ4n) is 2.74. The van der Waals surface area contributed by atoms with E-state index in [4.69, 9.17) is 4.52 Å². The second kappa shape index (κ2) is 12.3. The fourth-order valence-corrected chi connectivity index (χ4v) is 4.16. The smallest absolute Gasteiger partial charge is 0.222 e. The molecule has 1 aliphatic heterocycles. The Bertz CT molecular complexity index is 746. The summed E-state index contributed by atoms with van der Waals surface area (Å²) in [5.41, 5.74) is 0.403. The van der Waals surface area contributed by atoms with Crippen molar-refractivity contribution in [1.82, 2.24) is 25.0 Å². The molecule has 0 spiro atoms. The highest BCUT2D eigenvalue weighted by Crippen LogP contribution is 2.12. The quantitative estimate of drug-likeness (QED) is 0.212. The van der Waals surface area contributed by atoms with Crippen LogP contribution < -0.4 is 10.6 Å².